The Morgan fingerprint density at radius 3 is 2.05 bits per heavy atom. The summed E-state index contributed by atoms with van der Waals surface area (Å²) in [5, 5.41) is 0. The summed E-state index contributed by atoms with van der Waals surface area (Å²) in [7, 11) is 0. The quantitative estimate of drug-likeness (QED) is 0.782. The van der Waals surface area contributed by atoms with E-state index >= 15 is 0 Å². The highest BCUT2D eigenvalue weighted by molar-refractivity contribution is 6.22. The van der Waals surface area contributed by atoms with Crippen molar-refractivity contribution in [1.29, 1.82) is 0 Å². The van der Waals surface area contributed by atoms with Gasteiger partial charge in [0.15, 0.2) is 0 Å². The first kappa shape index (κ1) is 14.8. The normalized spacial score (nSPS) is 24.6. The number of imide groups is 1. The fourth-order valence-electron chi connectivity index (χ4n) is 3.48. The Hall–Kier alpha value is -2.17. The molecular weight excluding hydrogens is 280 g/mol. The van der Waals surface area contributed by atoms with E-state index in [0.29, 0.717) is 36.1 Å². The van der Waals surface area contributed by atoms with Gasteiger partial charge in [0.05, 0.1) is 11.1 Å². The van der Waals surface area contributed by atoms with E-state index < -0.39 is 0 Å². The lowest BCUT2D eigenvalue weighted by atomic mass is 9.92. The molecule has 5 nitrogen and oxygen atoms in total. The van der Waals surface area contributed by atoms with Crippen LogP contribution in [-0.4, -0.2) is 47.2 Å². The number of fused-ring (bicyclic) bond motifs is 1. The molecule has 0 saturated carbocycles. The molecule has 2 atom stereocenters. The van der Waals surface area contributed by atoms with Gasteiger partial charge in [-0.2, -0.15) is 0 Å². The zero-order valence-electron chi connectivity index (χ0n) is 12.9. The van der Waals surface area contributed by atoms with Crippen LogP contribution >= 0.6 is 0 Å². The summed E-state index contributed by atoms with van der Waals surface area (Å²) in [5.74, 6) is 0.0248. The number of piperidine rings is 1. The van der Waals surface area contributed by atoms with E-state index in [1.165, 1.54) is 0 Å². The van der Waals surface area contributed by atoms with Crippen LogP contribution in [0.4, 0.5) is 0 Å². The van der Waals surface area contributed by atoms with Crippen LogP contribution in [-0.2, 0) is 4.79 Å². The predicted molar refractivity (Wildman–Crippen MR) is 81.3 cm³/mol. The Kier molecular flexibility index (Phi) is 3.72. The molecule has 3 rings (SSSR count). The number of hydrogen-bond acceptors (Lipinski definition) is 3. The van der Waals surface area contributed by atoms with E-state index in [1.807, 2.05) is 0 Å². The number of likely N-dealkylation sites (tertiary alicyclic amines) is 1. The summed E-state index contributed by atoms with van der Waals surface area (Å²) in [6, 6.07) is 6.71. The van der Waals surface area contributed by atoms with Gasteiger partial charge in [-0.1, -0.05) is 26.0 Å². The molecule has 1 aromatic rings. The van der Waals surface area contributed by atoms with Crippen molar-refractivity contribution in [3.8, 4) is 0 Å². The highest BCUT2D eigenvalue weighted by Crippen LogP contribution is 2.24. The van der Waals surface area contributed by atoms with E-state index in [-0.39, 0.29) is 24.3 Å². The molecule has 1 saturated heterocycles. The van der Waals surface area contributed by atoms with Crippen LogP contribution in [0.15, 0.2) is 24.3 Å². The van der Waals surface area contributed by atoms with Crippen LogP contribution < -0.4 is 0 Å². The Labute approximate surface area is 129 Å². The van der Waals surface area contributed by atoms with Gasteiger partial charge in [0.2, 0.25) is 5.91 Å². The topological polar surface area (TPSA) is 57.7 Å². The van der Waals surface area contributed by atoms with Crippen LogP contribution in [0.5, 0.6) is 0 Å². The Morgan fingerprint density at radius 1 is 1.05 bits per heavy atom. The molecule has 0 unspecified atom stereocenters. The maximum atomic E-state index is 12.5. The molecule has 5 heteroatoms. The number of hydrogen-bond donors (Lipinski definition) is 0. The number of carbonyl (C=O) groups is 3. The lowest BCUT2D eigenvalue weighted by Gasteiger charge is -2.35. The zero-order valence-corrected chi connectivity index (χ0v) is 12.9. The molecule has 0 aliphatic carbocycles. The van der Waals surface area contributed by atoms with Gasteiger partial charge in [-0.05, 0) is 30.4 Å². The van der Waals surface area contributed by atoms with Gasteiger partial charge in [0.1, 0.15) is 6.54 Å². The molecule has 0 aromatic heterocycles. The molecule has 1 fully saturated rings. The molecular formula is C17H20N2O3. The second-order valence-electron chi connectivity index (χ2n) is 6.49. The maximum Gasteiger partial charge on any atom is 0.262 e. The Morgan fingerprint density at radius 2 is 1.55 bits per heavy atom. The second kappa shape index (κ2) is 5.55. The summed E-state index contributed by atoms with van der Waals surface area (Å²) < 4.78 is 0. The molecule has 2 aliphatic heterocycles. The Balaban J connectivity index is 1.73. The third-order valence-corrected chi connectivity index (χ3v) is 4.39. The molecule has 2 heterocycles. The third kappa shape index (κ3) is 2.51. The van der Waals surface area contributed by atoms with E-state index in [0.717, 1.165) is 11.3 Å². The van der Waals surface area contributed by atoms with Crippen molar-refractivity contribution < 1.29 is 14.4 Å². The largest absolute Gasteiger partial charge is 0.341 e. The van der Waals surface area contributed by atoms with Gasteiger partial charge in [-0.15, -0.1) is 0 Å². The minimum atomic E-state index is -0.368. The second-order valence-corrected chi connectivity index (χ2v) is 6.49. The first-order valence-corrected chi connectivity index (χ1v) is 7.70. The molecule has 0 bridgehead atoms. The van der Waals surface area contributed by atoms with E-state index in [4.69, 9.17) is 0 Å². The molecule has 0 radical (unpaired) electrons. The molecule has 116 valence electrons. The van der Waals surface area contributed by atoms with Crippen LogP contribution in [0.25, 0.3) is 0 Å². The van der Waals surface area contributed by atoms with Crippen molar-refractivity contribution in [1.82, 2.24) is 9.80 Å². The van der Waals surface area contributed by atoms with Crippen molar-refractivity contribution >= 4 is 17.7 Å². The molecule has 3 amide bonds. The van der Waals surface area contributed by atoms with Crippen LogP contribution in [0.2, 0.25) is 0 Å². The van der Waals surface area contributed by atoms with E-state index in [9.17, 15) is 14.4 Å². The van der Waals surface area contributed by atoms with E-state index in [1.54, 1.807) is 29.2 Å². The summed E-state index contributed by atoms with van der Waals surface area (Å²) in [4.78, 5) is 39.9. The summed E-state index contributed by atoms with van der Waals surface area (Å²) >= 11 is 0. The number of rotatable bonds is 2. The average molecular weight is 300 g/mol. The van der Waals surface area contributed by atoms with Gasteiger partial charge in [0, 0.05) is 13.1 Å². The number of nitrogens with zero attached hydrogens (tertiary/aromatic N) is 2. The van der Waals surface area contributed by atoms with Crippen molar-refractivity contribution in [2.24, 2.45) is 11.8 Å². The molecule has 0 spiro atoms. The average Bonchev–Trinajstić information content (AvgIpc) is 2.72. The number of carbonyl (C=O) groups excluding carboxylic acids is 3. The summed E-state index contributed by atoms with van der Waals surface area (Å²) in [6.45, 7) is 5.49. The summed E-state index contributed by atoms with van der Waals surface area (Å²) in [6.07, 6.45) is 1.11. The molecule has 0 N–H and O–H groups in total. The summed E-state index contributed by atoms with van der Waals surface area (Å²) in [5.41, 5.74) is 0.779. The molecule has 2 aliphatic rings. The minimum Gasteiger partial charge on any atom is -0.341 e. The van der Waals surface area contributed by atoms with Crippen LogP contribution in [0.1, 0.15) is 41.0 Å². The first-order chi connectivity index (χ1) is 10.5. The standard InChI is InChI=1S/C17H20N2O3/c1-11-7-12(2)9-18(8-11)15(20)10-19-16(21)13-5-3-4-6-14(13)17(19)22/h3-6,11-12H,7-10H2,1-2H3/t11-,12-/m1/s1. The fourth-order valence-corrected chi connectivity index (χ4v) is 3.48. The number of benzene rings is 1. The van der Waals surface area contributed by atoms with Gasteiger partial charge in [-0.3, -0.25) is 19.3 Å². The fraction of sp³-hybridized carbons (Fsp3) is 0.471. The molecule has 22 heavy (non-hydrogen) atoms. The monoisotopic (exact) mass is 300 g/mol. The SMILES string of the molecule is C[C@@H]1C[C@@H](C)CN(C(=O)CN2C(=O)c3ccccc3C2=O)C1. The van der Waals surface area contributed by atoms with Gasteiger partial charge >= 0.3 is 0 Å². The minimum absolute atomic E-state index is 0.145. The van der Waals surface area contributed by atoms with Crippen molar-refractivity contribution in [2.45, 2.75) is 20.3 Å². The molecule has 1 aromatic carbocycles. The number of amides is 3. The zero-order chi connectivity index (χ0) is 15.9. The lowest BCUT2D eigenvalue weighted by molar-refractivity contribution is -0.134. The smallest absolute Gasteiger partial charge is 0.262 e. The van der Waals surface area contributed by atoms with Gasteiger partial charge in [-0.25, -0.2) is 0 Å². The van der Waals surface area contributed by atoms with Crippen molar-refractivity contribution in [2.75, 3.05) is 19.6 Å². The van der Waals surface area contributed by atoms with Crippen LogP contribution in [0.3, 0.4) is 0 Å². The maximum absolute atomic E-state index is 12.5. The highest BCUT2D eigenvalue weighted by Gasteiger charge is 2.37. The van der Waals surface area contributed by atoms with Gasteiger partial charge in [0.25, 0.3) is 11.8 Å². The predicted octanol–water partition coefficient (Wildman–Crippen LogP) is 1.79. The van der Waals surface area contributed by atoms with E-state index in [2.05, 4.69) is 13.8 Å². The lowest BCUT2D eigenvalue weighted by Crippen LogP contribution is -2.48. The Bertz CT molecular complexity index is 596. The third-order valence-electron chi connectivity index (χ3n) is 4.39. The van der Waals surface area contributed by atoms with Crippen LogP contribution in [0, 0.1) is 11.8 Å². The van der Waals surface area contributed by atoms with Crippen molar-refractivity contribution in [3.63, 3.8) is 0 Å². The highest BCUT2D eigenvalue weighted by atomic mass is 16.2. The van der Waals surface area contributed by atoms with Gasteiger partial charge < -0.3 is 4.90 Å². The first-order valence-electron chi connectivity index (χ1n) is 7.70. The van der Waals surface area contributed by atoms with Crippen molar-refractivity contribution in [3.05, 3.63) is 35.4 Å².